The fourth-order valence-electron chi connectivity index (χ4n) is 3.15. The lowest BCUT2D eigenvalue weighted by Gasteiger charge is -2.32. The first-order valence-corrected chi connectivity index (χ1v) is 11.7. The summed E-state index contributed by atoms with van der Waals surface area (Å²) in [6, 6.07) is 7.18. The highest BCUT2D eigenvalue weighted by atomic mass is 127. The molecule has 0 saturated carbocycles. The van der Waals surface area contributed by atoms with Gasteiger partial charge in [-0.25, -0.2) is 8.42 Å². The lowest BCUT2D eigenvalue weighted by atomic mass is 10.2. The van der Waals surface area contributed by atoms with Crippen LogP contribution in [0.4, 0.5) is 0 Å². The van der Waals surface area contributed by atoms with E-state index in [0.29, 0.717) is 30.5 Å². The van der Waals surface area contributed by atoms with Gasteiger partial charge in [-0.05, 0) is 38.4 Å². The van der Waals surface area contributed by atoms with Crippen molar-refractivity contribution in [2.45, 2.75) is 31.2 Å². The summed E-state index contributed by atoms with van der Waals surface area (Å²) < 4.78 is 33.2. The maximum Gasteiger partial charge on any atom is 0.243 e. The minimum atomic E-state index is -3.51. The van der Waals surface area contributed by atoms with Crippen molar-refractivity contribution in [3.05, 3.63) is 29.8 Å². The Morgan fingerprint density at radius 2 is 1.83 bits per heavy atom. The number of nitrogens with zero attached hydrogens (tertiary/aromatic N) is 3. The third-order valence-corrected chi connectivity index (χ3v) is 6.93. The van der Waals surface area contributed by atoms with Crippen molar-refractivity contribution in [1.82, 2.24) is 19.8 Å². The normalized spacial score (nSPS) is 16.2. The van der Waals surface area contributed by atoms with Gasteiger partial charge in [-0.3, -0.25) is 4.99 Å². The van der Waals surface area contributed by atoms with Gasteiger partial charge in [-0.1, -0.05) is 18.2 Å². The summed E-state index contributed by atoms with van der Waals surface area (Å²) in [7, 11) is 0.214. The highest BCUT2D eigenvalue weighted by Gasteiger charge is 2.29. The van der Waals surface area contributed by atoms with Gasteiger partial charge in [0.25, 0.3) is 0 Å². The molecule has 10 heteroatoms. The van der Waals surface area contributed by atoms with E-state index in [1.165, 1.54) is 0 Å². The molecular weight excluding hydrogens is 517 g/mol. The number of hydrogen-bond donors (Lipinski definition) is 2. The molecule has 0 aliphatic carbocycles. The standard InChI is InChI=1S/C20H35N5O3S.HI/c1-4-28-16-8-7-11-22-20(21-2)23-17-18-9-5-6-10-19(18)29(26,27)25-14-12-24(3)13-15-25;/h5-6,9-10H,4,7-8,11-17H2,1-3H3,(H2,21,22,23);1H. The highest BCUT2D eigenvalue weighted by Crippen LogP contribution is 2.21. The van der Waals surface area contributed by atoms with Crippen molar-refractivity contribution in [2.75, 3.05) is 60.0 Å². The molecule has 1 aromatic carbocycles. The molecule has 0 spiro atoms. The second-order valence-corrected chi connectivity index (χ2v) is 8.98. The van der Waals surface area contributed by atoms with Crippen LogP contribution < -0.4 is 10.6 Å². The van der Waals surface area contributed by atoms with E-state index < -0.39 is 10.0 Å². The average Bonchev–Trinajstić information content (AvgIpc) is 2.73. The van der Waals surface area contributed by atoms with Crippen molar-refractivity contribution in [1.29, 1.82) is 0 Å². The SMILES string of the molecule is CCOCCCCNC(=NC)NCc1ccccc1S(=O)(=O)N1CCN(C)CC1.I. The maximum absolute atomic E-state index is 13.1. The Kier molecular flexibility index (Phi) is 12.8. The molecule has 2 N–H and O–H groups in total. The Labute approximate surface area is 198 Å². The minimum absolute atomic E-state index is 0. The van der Waals surface area contributed by atoms with Gasteiger partial charge in [-0.2, -0.15) is 4.31 Å². The van der Waals surface area contributed by atoms with E-state index in [2.05, 4.69) is 20.5 Å². The summed E-state index contributed by atoms with van der Waals surface area (Å²) in [5, 5.41) is 6.49. The largest absolute Gasteiger partial charge is 0.382 e. The van der Waals surface area contributed by atoms with Crippen LogP contribution in [0.25, 0.3) is 0 Å². The van der Waals surface area contributed by atoms with Crippen molar-refractivity contribution in [2.24, 2.45) is 4.99 Å². The van der Waals surface area contributed by atoms with Gasteiger partial charge in [0.2, 0.25) is 10.0 Å². The Bertz CT molecular complexity index is 753. The van der Waals surface area contributed by atoms with Crippen molar-refractivity contribution < 1.29 is 13.2 Å². The van der Waals surface area contributed by atoms with E-state index in [-0.39, 0.29) is 24.0 Å². The molecule has 0 atom stereocenters. The van der Waals surface area contributed by atoms with Gasteiger partial charge < -0.3 is 20.3 Å². The molecule has 1 saturated heterocycles. The maximum atomic E-state index is 13.1. The van der Waals surface area contributed by atoms with E-state index in [1.807, 2.05) is 26.1 Å². The van der Waals surface area contributed by atoms with Gasteiger partial charge in [0.1, 0.15) is 0 Å². The first-order valence-electron chi connectivity index (χ1n) is 10.3. The van der Waals surface area contributed by atoms with Gasteiger partial charge in [-0.15, -0.1) is 24.0 Å². The van der Waals surface area contributed by atoms with Crippen molar-refractivity contribution in [3.8, 4) is 0 Å². The van der Waals surface area contributed by atoms with Crippen LogP contribution in [0.2, 0.25) is 0 Å². The molecule has 1 heterocycles. The van der Waals surface area contributed by atoms with E-state index in [9.17, 15) is 8.42 Å². The van der Waals surface area contributed by atoms with Gasteiger partial charge in [0.05, 0.1) is 4.90 Å². The Balaban J connectivity index is 0.00000450. The van der Waals surface area contributed by atoms with E-state index in [0.717, 1.165) is 51.3 Å². The molecule has 8 nitrogen and oxygen atoms in total. The zero-order valence-electron chi connectivity index (χ0n) is 18.3. The summed E-state index contributed by atoms with van der Waals surface area (Å²) in [5.41, 5.74) is 0.741. The number of unbranched alkanes of at least 4 members (excludes halogenated alkanes) is 1. The summed E-state index contributed by atoms with van der Waals surface area (Å²) >= 11 is 0. The number of sulfonamides is 1. The Morgan fingerprint density at radius 1 is 1.13 bits per heavy atom. The van der Waals surface area contributed by atoms with E-state index in [1.54, 1.807) is 23.5 Å². The predicted molar refractivity (Wildman–Crippen MR) is 132 cm³/mol. The smallest absolute Gasteiger partial charge is 0.243 e. The van der Waals surface area contributed by atoms with Crippen molar-refractivity contribution in [3.63, 3.8) is 0 Å². The molecule has 1 aromatic rings. The molecule has 0 amide bonds. The number of guanidine groups is 1. The van der Waals surface area contributed by atoms with Crippen LogP contribution in [-0.4, -0.2) is 83.6 Å². The number of halogens is 1. The van der Waals surface area contributed by atoms with Gasteiger partial charge in [0, 0.05) is 59.5 Å². The zero-order chi connectivity index (χ0) is 21.1. The number of hydrogen-bond acceptors (Lipinski definition) is 5. The molecule has 0 bridgehead atoms. The number of piperazine rings is 1. The summed E-state index contributed by atoms with van der Waals surface area (Å²) in [6.07, 6.45) is 1.97. The van der Waals surface area contributed by atoms with Crippen LogP contribution in [-0.2, 0) is 21.3 Å². The summed E-state index contributed by atoms with van der Waals surface area (Å²) in [6.45, 7) is 7.21. The number of benzene rings is 1. The molecule has 1 aliphatic rings. The predicted octanol–water partition coefficient (Wildman–Crippen LogP) is 1.72. The quantitative estimate of drug-likeness (QED) is 0.199. The number of ether oxygens (including phenoxy) is 1. The number of likely N-dealkylation sites (N-methyl/N-ethyl adjacent to an activating group) is 1. The molecule has 0 unspecified atom stereocenters. The average molecular weight is 554 g/mol. The van der Waals surface area contributed by atoms with E-state index in [4.69, 9.17) is 4.74 Å². The van der Waals surface area contributed by atoms with Gasteiger partial charge in [0.15, 0.2) is 5.96 Å². The number of nitrogens with one attached hydrogen (secondary N) is 2. The van der Waals surface area contributed by atoms with Crippen molar-refractivity contribution >= 4 is 40.0 Å². The van der Waals surface area contributed by atoms with Gasteiger partial charge >= 0.3 is 0 Å². The zero-order valence-corrected chi connectivity index (χ0v) is 21.4. The third-order valence-electron chi connectivity index (χ3n) is 4.93. The Morgan fingerprint density at radius 3 is 2.50 bits per heavy atom. The Hall–Kier alpha value is -0.950. The molecule has 30 heavy (non-hydrogen) atoms. The van der Waals surface area contributed by atoms with Crippen LogP contribution in [0.3, 0.4) is 0 Å². The third kappa shape index (κ3) is 8.29. The van der Waals surface area contributed by atoms with Crippen LogP contribution >= 0.6 is 24.0 Å². The van der Waals surface area contributed by atoms with Crippen LogP contribution in [0.1, 0.15) is 25.3 Å². The van der Waals surface area contributed by atoms with Crippen LogP contribution in [0.5, 0.6) is 0 Å². The molecule has 2 rings (SSSR count). The monoisotopic (exact) mass is 553 g/mol. The molecule has 0 aromatic heterocycles. The van der Waals surface area contributed by atoms with Crippen LogP contribution in [0.15, 0.2) is 34.2 Å². The first-order chi connectivity index (χ1) is 14.0. The van der Waals surface area contributed by atoms with Crippen LogP contribution in [0, 0.1) is 0 Å². The molecule has 0 radical (unpaired) electrons. The first kappa shape index (κ1) is 27.1. The lowest BCUT2D eigenvalue weighted by Crippen LogP contribution is -2.47. The lowest BCUT2D eigenvalue weighted by molar-refractivity contribution is 0.143. The van der Waals surface area contributed by atoms with E-state index >= 15 is 0 Å². The highest BCUT2D eigenvalue weighted by molar-refractivity contribution is 14.0. The second kappa shape index (κ2) is 14.2. The molecular formula is C20H36IN5O3S. The molecule has 1 aliphatic heterocycles. The fraction of sp³-hybridized carbons (Fsp3) is 0.650. The number of rotatable bonds is 10. The fourth-order valence-corrected chi connectivity index (χ4v) is 4.79. The topological polar surface area (TPSA) is 86.3 Å². The minimum Gasteiger partial charge on any atom is -0.382 e. The molecule has 1 fully saturated rings. The number of aliphatic imine (C=N–C) groups is 1. The summed E-state index contributed by atoms with van der Waals surface area (Å²) in [5.74, 6) is 0.660. The molecule has 172 valence electrons. The second-order valence-electron chi connectivity index (χ2n) is 7.07. The summed E-state index contributed by atoms with van der Waals surface area (Å²) in [4.78, 5) is 6.73.